The molecule has 0 saturated carbocycles. The molecule has 0 aromatic heterocycles. The van der Waals surface area contributed by atoms with Crippen molar-refractivity contribution < 1.29 is 8.95 Å². The minimum Gasteiger partial charge on any atom is -0.497 e. The van der Waals surface area contributed by atoms with E-state index in [1.165, 1.54) is 0 Å². The Labute approximate surface area is 101 Å². The van der Waals surface area contributed by atoms with Crippen molar-refractivity contribution in [3.63, 3.8) is 0 Å². The Kier molecular flexibility index (Phi) is 4.56. The first kappa shape index (κ1) is 13.7. The van der Waals surface area contributed by atoms with Crippen LogP contribution < -0.4 is 0 Å². The van der Waals surface area contributed by atoms with Crippen LogP contribution in [0.25, 0.3) is 0 Å². The number of rotatable bonds is 3. The molecule has 0 aromatic carbocycles. The van der Waals surface area contributed by atoms with E-state index in [-0.39, 0.29) is 16.9 Å². The SMILES string of the molecule is C[C@@H]([C@@H]1CCC=CO1)N(C)[S@@](=O)C(C)(C)C. The topological polar surface area (TPSA) is 29.5 Å². The summed E-state index contributed by atoms with van der Waals surface area (Å²) in [4.78, 5) is 0. The van der Waals surface area contributed by atoms with E-state index in [4.69, 9.17) is 4.74 Å². The van der Waals surface area contributed by atoms with Gasteiger partial charge in [0.05, 0.1) is 28.0 Å². The summed E-state index contributed by atoms with van der Waals surface area (Å²) in [6, 6.07) is 0.171. The van der Waals surface area contributed by atoms with Crippen LogP contribution in [-0.2, 0) is 15.7 Å². The minimum absolute atomic E-state index is 0.154. The highest BCUT2D eigenvalue weighted by Crippen LogP contribution is 2.22. The maximum atomic E-state index is 12.2. The molecule has 0 spiro atoms. The fraction of sp³-hybridized carbons (Fsp3) is 0.833. The van der Waals surface area contributed by atoms with Crippen molar-refractivity contribution in [1.29, 1.82) is 0 Å². The Morgan fingerprint density at radius 2 is 2.12 bits per heavy atom. The Morgan fingerprint density at radius 3 is 2.56 bits per heavy atom. The Hall–Kier alpha value is -0.350. The number of allylic oxidation sites excluding steroid dienone is 1. The maximum Gasteiger partial charge on any atom is 0.114 e. The van der Waals surface area contributed by atoms with Crippen LogP contribution in [0.4, 0.5) is 0 Å². The van der Waals surface area contributed by atoms with Gasteiger partial charge in [0.1, 0.15) is 6.10 Å². The standard InChI is InChI=1S/C12H23NO2S/c1-10(11-8-6-7-9-15-11)13(5)16(14)12(2,3)4/h7,9-11H,6,8H2,1-5H3/t10-,11-,16-/m0/s1. The molecule has 0 N–H and O–H groups in total. The maximum absolute atomic E-state index is 12.2. The second-order valence-electron chi connectivity index (χ2n) is 5.27. The van der Waals surface area contributed by atoms with Gasteiger partial charge < -0.3 is 4.74 Å². The van der Waals surface area contributed by atoms with Crippen LogP contribution >= 0.6 is 0 Å². The first-order valence-corrected chi connectivity index (χ1v) is 6.90. The largest absolute Gasteiger partial charge is 0.497 e. The molecule has 0 radical (unpaired) electrons. The van der Waals surface area contributed by atoms with Crippen LogP contribution in [-0.4, -0.2) is 32.5 Å². The van der Waals surface area contributed by atoms with Gasteiger partial charge in [0.15, 0.2) is 0 Å². The highest BCUT2D eigenvalue weighted by Gasteiger charge is 2.31. The third kappa shape index (κ3) is 3.32. The fourth-order valence-corrected chi connectivity index (χ4v) is 3.03. The molecule has 1 aliphatic heterocycles. The normalized spacial score (nSPS) is 25.2. The zero-order valence-corrected chi connectivity index (χ0v) is 11.7. The van der Waals surface area contributed by atoms with Crippen molar-refractivity contribution in [3.05, 3.63) is 12.3 Å². The third-order valence-electron chi connectivity index (χ3n) is 2.86. The Bertz CT molecular complexity index is 283. The van der Waals surface area contributed by atoms with Crippen LogP contribution in [0.5, 0.6) is 0 Å². The van der Waals surface area contributed by atoms with Crippen LogP contribution in [0.1, 0.15) is 40.5 Å². The van der Waals surface area contributed by atoms with Gasteiger partial charge in [0, 0.05) is 7.05 Å². The lowest BCUT2D eigenvalue weighted by molar-refractivity contribution is 0.0716. The van der Waals surface area contributed by atoms with E-state index in [1.807, 2.05) is 38.2 Å². The number of nitrogens with zero attached hydrogens (tertiary/aromatic N) is 1. The molecule has 94 valence electrons. The van der Waals surface area contributed by atoms with E-state index in [0.29, 0.717) is 0 Å². The van der Waals surface area contributed by atoms with Crippen LogP contribution in [0.3, 0.4) is 0 Å². The number of hydrogen-bond acceptors (Lipinski definition) is 2. The summed E-state index contributed by atoms with van der Waals surface area (Å²) < 4.78 is 19.5. The molecule has 0 aliphatic carbocycles. The average molecular weight is 245 g/mol. The van der Waals surface area contributed by atoms with E-state index in [0.717, 1.165) is 12.8 Å². The van der Waals surface area contributed by atoms with Gasteiger partial charge in [-0.2, -0.15) is 0 Å². The van der Waals surface area contributed by atoms with E-state index in [9.17, 15) is 4.21 Å². The summed E-state index contributed by atoms with van der Waals surface area (Å²) >= 11 is 0. The van der Waals surface area contributed by atoms with Gasteiger partial charge in [-0.3, -0.25) is 0 Å². The van der Waals surface area contributed by atoms with Gasteiger partial charge in [0.2, 0.25) is 0 Å². The van der Waals surface area contributed by atoms with Gasteiger partial charge in [-0.05, 0) is 46.6 Å². The Balaban J connectivity index is 2.63. The van der Waals surface area contributed by atoms with Gasteiger partial charge in [-0.15, -0.1) is 0 Å². The van der Waals surface area contributed by atoms with Gasteiger partial charge in [-0.25, -0.2) is 8.51 Å². The van der Waals surface area contributed by atoms with E-state index < -0.39 is 11.0 Å². The molecule has 0 saturated heterocycles. The van der Waals surface area contributed by atoms with Crippen molar-refractivity contribution in [2.24, 2.45) is 0 Å². The molecule has 1 aliphatic rings. The molecule has 0 amide bonds. The predicted octanol–water partition coefficient (Wildman–Crippen LogP) is 2.46. The molecule has 4 heteroatoms. The summed E-state index contributed by atoms with van der Waals surface area (Å²) in [5, 5.41) is 0. The highest BCUT2D eigenvalue weighted by atomic mass is 32.2. The molecular formula is C12H23NO2S. The molecule has 0 fully saturated rings. The number of ether oxygens (including phenoxy) is 1. The molecular weight excluding hydrogens is 222 g/mol. The monoisotopic (exact) mass is 245 g/mol. The summed E-state index contributed by atoms with van der Waals surface area (Å²) in [5.41, 5.74) is 0. The first-order chi connectivity index (χ1) is 7.34. The number of likely N-dealkylation sites (N-methyl/N-ethyl adjacent to an activating group) is 1. The smallest absolute Gasteiger partial charge is 0.114 e. The molecule has 3 atom stereocenters. The molecule has 0 aromatic rings. The first-order valence-electron chi connectivity index (χ1n) is 5.79. The van der Waals surface area contributed by atoms with E-state index in [2.05, 4.69) is 6.92 Å². The average Bonchev–Trinajstić information content (AvgIpc) is 2.26. The van der Waals surface area contributed by atoms with Crippen molar-refractivity contribution in [3.8, 4) is 0 Å². The lowest BCUT2D eigenvalue weighted by Crippen LogP contribution is -2.46. The van der Waals surface area contributed by atoms with Crippen molar-refractivity contribution in [1.82, 2.24) is 4.31 Å². The molecule has 1 heterocycles. The Morgan fingerprint density at radius 1 is 1.50 bits per heavy atom. The molecule has 0 bridgehead atoms. The number of hydrogen-bond donors (Lipinski definition) is 0. The summed E-state index contributed by atoms with van der Waals surface area (Å²) in [5.74, 6) is 0. The fourth-order valence-electron chi connectivity index (χ4n) is 1.73. The van der Waals surface area contributed by atoms with Crippen molar-refractivity contribution >= 4 is 11.0 Å². The van der Waals surface area contributed by atoms with Crippen molar-refractivity contribution in [2.45, 2.75) is 57.4 Å². The van der Waals surface area contributed by atoms with Gasteiger partial charge in [0.25, 0.3) is 0 Å². The van der Waals surface area contributed by atoms with E-state index >= 15 is 0 Å². The van der Waals surface area contributed by atoms with Crippen molar-refractivity contribution in [2.75, 3.05) is 7.05 Å². The lowest BCUT2D eigenvalue weighted by atomic mass is 10.1. The molecule has 16 heavy (non-hydrogen) atoms. The zero-order chi connectivity index (χ0) is 12.3. The summed E-state index contributed by atoms with van der Waals surface area (Å²) in [6.07, 6.45) is 6.00. The summed E-state index contributed by atoms with van der Waals surface area (Å²) in [6.45, 7) is 8.06. The third-order valence-corrected chi connectivity index (χ3v) is 4.77. The summed E-state index contributed by atoms with van der Waals surface area (Å²) in [7, 11) is 0.926. The molecule has 0 unspecified atom stereocenters. The second-order valence-corrected chi connectivity index (χ2v) is 7.57. The zero-order valence-electron chi connectivity index (χ0n) is 10.9. The van der Waals surface area contributed by atoms with Gasteiger partial charge >= 0.3 is 0 Å². The quantitative estimate of drug-likeness (QED) is 0.764. The lowest BCUT2D eigenvalue weighted by Gasteiger charge is -2.35. The molecule has 3 nitrogen and oxygen atoms in total. The highest BCUT2D eigenvalue weighted by molar-refractivity contribution is 7.84. The minimum atomic E-state index is -0.985. The predicted molar refractivity (Wildman–Crippen MR) is 68.4 cm³/mol. The molecule has 1 rings (SSSR count). The van der Waals surface area contributed by atoms with Crippen LogP contribution in [0.2, 0.25) is 0 Å². The van der Waals surface area contributed by atoms with Crippen LogP contribution in [0.15, 0.2) is 12.3 Å². The van der Waals surface area contributed by atoms with Crippen LogP contribution in [0, 0.1) is 0 Å². The second kappa shape index (κ2) is 5.32. The van der Waals surface area contributed by atoms with E-state index in [1.54, 1.807) is 6.26 Å². The van der Waals surface area contributed by atoms with Gasteiger partial charge in [-0.1, -0.05) is 0 Å².